The fourth-order valence-corrected chi connectivity index (χ4v) is 7.44. The van der Waals surface area contributed by atoms with Crippen LogP contribution < -0.4 is 10.3 Å². The number of rotatable bonds is 12. The van der Waals surface area contributed by atoms with Crippen molar-refractivity contribution in [2.45, 2.75) is 24.5 Å². The van der Waals surface area contributed by atoms with Gasteiger partial charge in [-0.2, -0.15) is 0 Å². The average molecular weight is 768 g/mol. The third-order valence-electron chi connectivity index (χ3n) is 8.94. The maximum Gasteiger partial charge on any atom is 0.332 e. The molecule has 7 aromatic carbocycles. The van der Waals surface area contributed by atoms with Gasteiger partial charge >= 0.3 is 11.9 Å². The third-order valence-corrected chi connectivity index (χ3v) is 10.0. The number of para-hydroxylation sites is 1. The van der Waals surface area contributed by atoms with Crippen molar-refractivity contribution >= 4 is 63.0 Å². The number of thioether (sulfide) groups is 1. The topological polar surface area (TPSA) is 97.6 Å². The first-order chi connectivity index (χ1) is 27.9. The maximum absolute atomic E-state index is 13.1. The van der Waals surface area contributed by atoms with Gasteiger partial charge in [-0.1, -0.05) is 138 Å². The monoisotopic (exact) mass is 767 g/mol. The van der Waals surface area contributed by atoms with Crippen LogP contribution >= 0.6 is 11.8 Å². The fourth-order valence-electron chi connectivity index (χ4n) is 6.37. The van der Waals surface area contributed by atoms with E-state index in [0.717, 1.165) is 55.0 Å². The highest BCUT2D eigenvalue weighted by Crippen LogP contribution is 2.42. The molecule has 7 rings (SSSR count). The van der Waals surface area contributed by atoms with E-state index in [9.17, 15) is 14.4 Å². The number of hydrogen-bond donors (Lipinski definition) is 0. The van der Waals surface area contributed by atoms with Crippen molar-refractivity contribution in [3.8, 4) is 0 Å². The third kappa shape index (κ3) is 9.24. The van der Waals surface area contributed by atoms with Gasteiger partial charge in [0.15, 0.2) is 5.43 Å². The van der Waals surface area contributed by atoms with Crippen molar-refractivity contribution in [3.63, 3.8) is 0 Å². The van der Waals surface area contributed by atoms with E-state index in [1.807, 2.05) is 146 Å². The minimum Gasteiger partial charge on any atom is -0.318 e. The van der Waals surface area contributed by atoms with Crippen molar-refractivity contribution < 1.29 is 19.3 Å². The SMILES string of the molecule is CC(=O)O/N=C(/c1ccccc1)c1cc(N(c2ccccc2)c2ccc(/C(=N\OC(C)=O)c3ccccc3)c(SCc3cccccc3=O)c2)c2ccccc2c1. The lowest BCUT2D eigenvalue weighted by Gasteiger charge is -2.28. The van der Waals surface area contributed by atoms with Crippen LogP contribution in [0, 0.1) is 0 Å². The molecule has 0 amide bonds. The van der Waals surface area contributed by atoms with Gasteiger partial charge in [0.25, 0.3) is 0 Å². The molecule has 0 atom stereocenters. The zero-order chi connectivity index (χ0) is 39.6. The van der Waals surface area contributed by atoms with E-state index in [4.69, 9.17) is 9.68 Å². The zero-order valence-electron chi connectivity index (χ0n) is 31.2. The van der Waals surface area contributed by atoms with Gasteiger partial charge in [0.2, 0.25) is 0 Å². The Balaban J connectivity index is 1.47. The molecule has 0 saturated heterocycles. The Hall–Kier alpha value is -7.10. The lowest BCUT2D eigenvalue weighted by atomic mass is 9.96. The van der Waals surface area contributed by atoms with E-state index >= 15 is 0 Å². The molecule has 0 aliphatic carbocycles. The molecule has 0 aliphatic heterocycles. The summed E-state index contributed by atoms with van der Waals surface area (Å²) in [6.45, 7) is 2.64. The van der Waals surface area contributed by atoms with E-state index < -0.39 is 11.9 Å². The molecule has 8 nitrogen and oxygen atoms in total. The molecule has 0 N–H and O–H groups in total. The number of hydrogen-bond acceptors (Lipinski definition) is 9. The Bertz CT molecular complexity index is 2670. The fraction of sp³-hybridized carbons (Fsp3) is 0.0625. The summed E-state index contributed by atoms with van der Waals surface area (Å²) in [6.07, 6.45) is 0. The van der Waals surface area contributed by atoms with Gasteiger partial charge in [-0.25, -0.2) is 9.59 Å². The summed E-state index contributed by atoms with van der Waals surface area (Å²) in [7, 11) is 0. The minimum absolute atomic E-state index is 0.0686. The zero-order valence-corrected chi connectivity index (χ0v) is 32.1. The van der Waals surface area contributed by atoms with Crippen molar-refractivity contribution in [2.24, 2.45) is 10.3 Å². The van der Waals surface area contributed by atoms with Crippen LogP contribution in [-0.4, -0.2) is 23.4 Å². The highest BCUT2D eigenvalue weighted by atomic mass is 32.2. The van der Waals surface area contributed by atoms with Gasteiger partial charge in [0.1, 0.15) is 11.4 Å². The molecule has 0 aromatic heterocycles. The van der Waals surface area contributed by atoms with Crippen LogP contribution in [0.3, 0.4) is 0 Å². The number of oxime groups is 2. The van der Waals surface area contributed by atoms with E-state index in [0.29, 0.717) is 22.7 Å². The molecule has 0 saturated carbocycles. The largest absolute Gasteiger partial charge is 0.332 e. The van der Waals surface area contributed by atoms with Crippen LogP contribution in [0.5, 0.6) is 0 Å². The molecular formula is C48H37N3O5S. The van der Waals surface area contributed by atoms with Crippen molar-refractivity contribution in [1.29, 1.82) is 0 Å². The molecule has 0 unspecified atom stereocenters. The second-order valence-corrected chi connectivity index (χ2v) is 14.0. The highest BCUT2D eigenvalue weighted by molar-refractivity contribution is 7.98. The molecule has 0 aliphatic rings. The van der Waals surface area contributed by atoms with E-state index in [-0.39, 0.29) is 5.43 Å². The molecule has 0 fully saturated rings. The van der Waals surface area contributed by atoms with Crippen molar-refractivity contribution in [1.82, 2.24) is 0 Å². The first-order valence-corrected chi connectivity index (χ1v) is 19.2. The van der Waals surface area contributed by atoms with Gasteiger partial charge in [-0.3, -0.25) is 4.79 Å². The summed E-state index contributed by atoms with van der Waals surface area (Å²) in [5.41, 5.74) is 7.07. The van der Waals surface area contributed by atoms with Gasteiger partial charge in [-0.15, -0.1) is 11.8 Å². The number of nitrogens with zero attached hydrogens (tertiary/aromatic N) is 3. The van der Waals surface area contributed by atoms with Crippen molar-refractivity contribution in [3.05, 3.63) is 214 Å². The van der Waals surface area contributed by atoms with Gasteiger partial charge < -0.3 is 14.6 Å². The molecule has 57 heavy (non-hydrogen) atoms. The van der Waals surface area contributed by atoms with Crippen molar-refractivity contribution in [2.75, 3.05) is 4.90 Å². The Morgan fingerprint density at radius 3 is 1.79 bits per heavy atom. The molecule has 0 heterocycles. The molecule has 9 heteroatoms. The Labute approximate surface area is 334 Å². The van der Waals surface area contributed by atoms with Crippen LogP contribution in [0.25, 0.3) is 10.8 Å². The van der Waals surface area contributed by atoms with Gasteiger partial charge in [0, 0.05) is 69.1 Å². The summed E-state index contributed by atoms with van der Waals surface area (Å²) in [5.74, 6) is -0.701. The highest BCUT2D eigenvalue weighted by Gasteiger charge is 2.22. The normalized spacial score (nSPS) is 11.5. The summed E-state index contributed by atoms with van der Waals surface area (Å²) in [5, 5.41) is 10.6. The van der Waals surface area contributed by atoms with E-state index in [1.165, 1.54) is 25.6 Å². The predicted molar refractivity (Wildman–Crippen MR) is 229 cm³/mol. The summed E-state index contributed by atoms with van der Waals surface area (Å²) < 4.78 is 0. The standard InChI is InChI=1S/C48H37N3O5S/c1-33(52)55-49-47(35-17-7-3-8-18-35)39-29-37-21-15-16-25-42(37)44(30-39)51(40-23-12-6-13-24-40)41-27-28-43(48(50-56-34(2)53)36-19-9-4-10-20-36)46(31-41)57-32-38-22-11-5-14-26-45(38)54/h3-31H,32H2,1-2H3/b49-47-,50-48-. The predicted octanol–water partition coefficient (Wildman–Crippen LogP) is 10.6. The van der Waals surface area contributed by atoms with Gasteiger partial charge in [0.05, 0.1) is 5.69 Å². The Kier molecular flexibility index (Phi) is 12.1. The molecule has 7 aromatic rings. The van der Waals surface area contributed by atoms with Crippen LogP contribution in [0.4, 0.5) is 17.1 Å². The van der Waals surface area contributed by atoms with Crippen LogP contribution in [0.2, 0.25) is 0 Å². The summed E-state index contributed by atoms with van der Waals surface area (Å²) in [6, 6.07) is 56.2. The van der Waals surface area contributed by atoms with Crippen LogP contribution in [0.15, 0.2) is 196 Å². The molecule has 0 spiro atoms. The molecule has 280 valence electrons. The lowest BCUT2D eigenvalue weighted by molar-refractivity contribution is -0.141. The Morgan fingerprint density at radius 1 is 0.561 bits per heavy atom. The number of carbonyl (C=O) groups is 2. The van der Waals surface area contributed by atoms with Crippen LogP contribution in [0.1, 0.15) is 41.7 Å². The number of fused-ring (bicyclic) bond motifs is 1. The van der Waals surface area contributed by atoms with E-state index in [1.54, 1.807) is 12.1 Å². The molecule has 0 radical (unpaired) electrons. The summed E-state index contributed by atoms with van der Waals surface area (Å²) >= 11 is 1.49. The second kappa shape index (κ2) is 18.0. The van der Waals surface area contributed by atoms with Gasteiger partial charge in [-0.05, 0) is 53.9 Å². The molecule has 0 bridgehead atoms. The Morgan fingerprint density at radius 2 is 1.12 bits per heavy atom. The molecular weight excluding hydrogens is 731 g/mol. The summed E-state index contributed by atoms with van der Waals surface area (Å²) in [4.78, 5) is 50.7. The number of benzene rings is 6. The number of anilines is 3. The van der Waals surface area contributed by atoms with Crippen LogP contribution in [-0.2, 0) is 25.0 Å². The quantitative estimate of drug-likeness (QED) is 0.0528. The minimum atomic E-state index is -0.545. The first-order valence-electron chi connectivity index (χ1n) is 18.2. The lowest BCUT2D eigenvalue weighted by Crippen LogP contribution is -2.14. The van der Waals surface area contributed by atoms with E-state index in [2.05, 4.69) is 33.4 Å². The maximum atomic E-state index is 13.1. The smallest absolute Gasteiger partial charge is 0.318 e. The average Bonchev–Trinajstić information content (AvgIpc) is 3.45. The second-order valence-electron chi connectivity index (χ2n) is 12.9. The number of carbonyl (C=O) groups excluding carboxylic acids is 2. The first kappa shape index (κ1) is 38.2.